The van der Waals surface area contributed by atoms with Gasteiger partial charge in [0.1, 0.15) is 0 Å². The maximum atomic E-state index is 13.9. The van der Waals surface area contributed by atoms with Gasteiger partial charge in [0.15, 0.2) is 0 Å². The summed E-state index contributed by atoms with van der Waals surface area (Å²) in [6, 6.07) is 19.4. The summed E-state index contributed by atoms with van der Waals surface area (Å²) in [5.74, 6) is -2.12. The van der Waals surface area contributed by atoms with Gasteiger partial charge in [-0.15, -0.1) is 0 Å². The van der Waals surface area contributed by atoms with Crippen LogP contribution in [0.1, 0.15) is 48.9 Å². The van der Waals surface area contributed by atoms with Gasteiger partial charge in [-0.25, -0.2) is 8.37 Å². The molecular weight excluding hydrogens is 522 g/mol. The maximum absolute atomic E-state index is 13.9. The van der Waals surface area contributed by atoms with Crippen molar-refractivity contribution < 1.29 is 25.2 Å². The lowest BCUT2D eigenvalue weighted by molar-refractivity contribution is -0.159. The number of nitrogens with zero attached hydrogens (tertiary/aromatic N) is 1. The molecule has 7 nitrogen and oxygen atoms in total. The molecule has 0 bridgehead atoms. The molecule has 38 heavy (non-hydrogen) atoms. The number of fused-ring (bicyclic) bond motifs is 1. The molecule has 0 saturated heterocycles. The standard InChI is InChI=1S/C29H35NO6S2/c1-5-19-30(20-6-2)28-21-24-15-9-10-16-25(24)29(28,35-37(31,32)26-17-11-7-13-22(26)3)36-38(33,34)27-18-12-8-14-23(27)4/h7-18,28H,5-6,19-21H2,1-4H3. The summed E-state index contributed by atoms with van der Waals surface area (Å²) in [7, 11) is -8.91. The highest BCUT2D eigenvalue weighted by atomic mass is 32.2. The molecule has 3 aromatic carbocycles. The second kappa shape index (κ2) is 11.3. The first-order valence-electron chi connectivity index (χ1n) is 12.9. The van der Waals surface area contributed by atoms with Crippen molar-refractivity contribution in [2.24, 2.45) is 0 Å². The van der Waals surface area contributed by atoms with E-state index in [1.165, 1.54) is 12.1 Å². The summed E-state index contributed by atoms with van der Waals surface area (Å²) in [5.41, 5.74) is 2.17. The Hall–Kier alpha value is -2.56. The number of aryl methyl sites for hydroxylation is 2. The first-order chi connectivity index (χ1) is 18.1. The Labute approximate surface area is 226 Å². The van der Waals surface area contributed by atoms with E-state index in [4.69, 9.17) is 8.37 Å². The number of rotatable bonds is 11. The van der Waals surface area contributed by atoms with Crippen LogP contribution < -0.4 is 0 Å². The fraction of sp³-hybridized carbons (Fsp3) is 0.379. The molecule has 0 N–H and O–H groups in total. The molecule has 0 fully saturated rings. The molecule has 1 unspecified atom stereocenters. The molecule has 204 valence electrons. The summed E-state index contributed by atoms with van der Waals surface area (Å²) in [6.07, 6.45) is 1.96. The largest absolute Gasteiger partial charge is 0.300 e. The summed E-state index contributed by atoms with van der Waals surface area (Å²) in [4.78, 5) is 2.02. The second-order valence-corrected chi connectivity index (χ2v) is 12.7. The molecule has 0 heterocycles. The van der Waals surface area contributed by atoms with Crippen LogP contribution in [0.2, 0.25) is 0 Å². The molecule has 1 aliphatic carbocycles. The Bertz CT molecular complexity index is 1420. The van der Waals surface area contributed by atoms with Crippen molar-refractivity contribution in [3.8, 4) is 0 Å². The molecule has 4 rings (SSSR count). The lowest BCUT2D eigenvalue weighted by atomic mass is 10.0. The molecule has 0 radical (unpaired) electrons. The van der Waals surface area contributed by atoms with Crippen LogP contribution in [0.15, 0.2) is 82.6 Å². The van der Waals surface area contributed by atoms with Crippen molar-refractivity contribution >= 4 is 20.2 Å². The smallest absolute Gasteiger partial charge is 0.295 e. The van der Waals surface area contributed by atoms with E-state index in [0.717, 1.165) is 18.4 Å². The van der Waals surface area contributed by atoms with Gasteiger partial charge in [-0.1, -0.05) is 74.5 Å². The molecule has 1 aliphatic rings. The van der Waals surface area contributed by atoms with E-state index < -0.39 is 32.1 Å². The zero-order valence-corrected chi connectivity index (χ0v) is 23.9. The van der Waals surface area contributed by atoms with Crippen LogP contribution in [-0.4, -0.2) is 40.9 Å². The average molecular weight is 558 g/mol. The Morgan fingerprint density at radius 3 is 1.66 bits per heavy atom. The van der Waals surface area contributed by atoms with Gasteiger partial charge < -0.3 is 0 Å². The van der Waals surface area contributed by atoms with Crippen LogP contribution in [-0.2, 0) is 40.8 Å². The van der Waals surface area contributed by atoms with Crippen molar-refractivity contribution in [3.63, 3.8) is 0 Å². The first-order valence-corrected chi connectivity index (χ1v) is 15.7. The topological polar surface area (TPSA) is 90.0 Å². The monoisotopic (exact) mass is 557 g/mol. The lowest BCUT2D eigenvalue weighted by Crippen LogP contribution is -2.53. The molecule has 3 aromatic rings. The van der Waals surface area contributed by atoms with Gasteiger partial charge in [0.05, 0.1) is 15.8 Å². The van der Waals surface area contributed by atoms with Crippen molar-refractivity contribution in [1.82, 2.24) is 4.90 Å². The lowest BCUT2D eigenvalue weighted by Gasteiger charge is -2.40. The van der Waals surface area contributed by atoms with E-state index in [0.29, 0.717) is 36.2 Å². The van der Waals surface area contributed by atoms with Gasteiger partial charge in [-0.3, -0.25) is 4.90 Å². The Morgan fingerprint density at radius 1 is 0.737 bits per heavy atom. The van der Waals surface area contributed by atoms with Gasteiger partial charge in [0.2, 0.25) is 5.79 Å². The predicted molar refractivity (Wildman–Crippen MR) is 147 cm³/mol. The third kappa shape index (κ3) is 5.44. The van der Waals surface area contributed by atoms with Crippen LogP contribution in [0.4, 0.5) is 0 Å². The first kappa shape index (κ1) is 28.4. The fourth-order valence-corrected chi connectivity index (χ4v) is 7.99. The van der Waals surface area contributed by atoms with Gasteiger partial charge in [-0.05, 0) is 75.0 Å². The molecule has 9 heteroatoms. The van der Waals surface area contributed by atoms with Gasteiger partial charge in [-0.2, -0.15) is 16.8 Å². The Morgan fingerprint density at radius 2 is 1.18 bits per heavy atom. The average Bonchev–Trinajstić information content (AvgIpc) is 3.16. The van der Waals surface area contributed by atoms with E-state index in [2.05, 4.69) is 4.90 Å². The molecule has 0 spiro atoms. The van der Waals surface area contributed by atoms with Crippen LogP contribution in [0.3, 0.4) is 0 Å². The van der Waals surface area contributed by atoms with E-state index in [1.807, 2.05) is 26.0 Å². The summed E-state index contributed by atoms with van der Waals surface area (Å²) in [5, 5.41) is 0. The SMILES string of the molecule is CCCN(CCC)C1Cc2ccccc2C1(OS(=O)(=O)c1ccccc1C)OS(=O)(=O)c1ccccc1C. The quantitative estimate of drug-likeness (QED) is 0.233. The molecule has 0 aromatic heterocycles. The highest BCUT2D eigenvalue weighted by Crippen LogP contribution is 2.48. The zero-order valence-electron chi connectivity index (χ0n) is 22.3. The molecule has 0 saturated carbocycles. The summed E-state index contributed by atoms with van der Waals surface area (Å²) < 4.78 is 67.7. The third-order valence-corrected chi connectivity index (χ3v) is 9.83. The van der Waals surface area contributed by atoms with Crippen molar-refractivity contribution in [3.05, 3.63) is 95.1 Å². The predicted octanol–water partition coefficient (Wildman–Crippen LogP) is 5.31. The highest BCUT2D eigenvalue weighted by Gasteiger charge is 2.57. The minimum absolute atomic E-state index is 0.0306. The Kier molecular flexibility index (Phi) is 8.44. The van der Waals surface area contributed by atoms with Crippen molar-refractivity contribution in [1.29, 1.82) is 0 Å². The van der Waals surface area contributed by atoms with Gasteiger partial charge in [0.25, 0.3) is 20.2 Å². The number of hydrogen-bond donors (Lipinski definition) is 0. The molecule has 1 atom stereocenters. The zero-order chi connectivity index (χ0) is 27.6. The van der Waals surface area contributed by atoms with Crippen LogP contribution in [0.5, 0.6) is 0 Å². The fourth-order valence-electron chi connectivity index (χ4n) is 5.23. The van der Waals surface area contributed by atoms with Gasteiger partial charge >= 0.3 is 0 Å². The molecular formula is C29H35NO6S2. The summed E-state index contributed by atoms with van der Waals surface area (Å²) in [6.45, 7) is 8.65. The van der Waals surface area contributed by atoms with E-state index in [-0.39, 0.29) is 9.79 Å². The number of benzene rings is 3. The molecule has 0 aliphatic heterocycles. The normalized spacial score (nSPS) is 17.0. The van der Waals surface area contributed by atoms with Gasteiger partial charge in [0, 0.05) is 5.56 Å². The van der Waals surface area contributed by atoms with E-state index in [1.54, 1.807) is 62.4 Å². The van der Waals surface area contributed by atoms with Crippen LogP contribution in [0.25, 0.3) is 0 Å². The van der Waals surface area contributed by atoms with Crippen LogP contribution >= 0.6 is 0 Å². The third-order valence-electron chi connectivity index (χ3n) is 6.90. The Balaban J connectivity index is 1.97. The summed E-state index contributed by atoms with van der Waals surface area (Å²) >= 11 is 0. The van der Waals surface area contributed by atoms with Crippen molar-refractivity contribution in [2.75, 3.05) is 13.1 Å². The maximum Gasteiger partial charge on any atom is 0.300 e. The minimum Gasteiger partial charge on any atom is -0.295 e. The highest BCUT2D eigenvalue weighted by molar-refractivity contribution is 7.87. The second-order valence-electron chi connectivity index (χ2n) is 9.69. The van der Waals surface area contributed by atoms with Crippen LogP contribution in [0, 0.1) is 13.8 Å². The molecule has 0 amide bonds. The van der Waals surface area contributed by atoms with E-state index in [9.17, 15) is 16.8 Å². The van der Waals surface area contributed by atoms with Crippen molar-refractivity contribution in [2.45, 2.75) is 68.6 Å². The minimum atomic E-state index is -4.45. The van der Waals surface area contributed by atoms with E-state index >= 15 is 0 Å². The number of hydrogen-bond acceptors (Lipinski definition) is 7.